The Bertz CT molecular complexity index is 605. The van der Waals surface area contributed by atoms with Gasteiger partial charge in [0.15, 0.2) is 0 Å². The molecule has 1 saturated heterocycles. The fourth-order valence-corrected chi connectivity index (χ4v) is 3.91. The third-order valence-corrected chi connectivity index (χ3v) is 5.69. The second-order valence-corrected chi connectivity index (χ2v) is 7.92. The number of hydrogen-bond acceptors (Lipinski definition) is 5. The molecule has 2 aliphatic heterocycles. The lowest BCUT2D eigenvalue weighted by atomic mass is 9.92. The molecule has 5 nitrogen and oxygen atoms in total. The average Bonchev–Trinajstić information content (AvgIpc) is 3.28. The summed E-state index contributed by atoms with van der Waals surface area (Å²) in [5.41, 5.74) is 2.26. The Hall–Kier alpha value is -1.01. The van der Waals surface area contributed by atoms with Crippen LogP contribution in [0.15, 0.2) is 34.2 Å². The molecule has 1 saturated carbocycles. The van der Waals surface area contributed by atoms with Crippen molar-refractivity contribution in [1.82, 2.24) is 5.32 Å². The van der Waals surface area contributed by atoms with Gasteiger partial charge >= 0.3 is 0 Å². The summed E-state index contributed by atoms with van der Waals surface area (Å²) < 4.78 is 23.0. The van der Waals surface area contributed by atoms with Crippen molar-refractivity contribution in [3.63, 3.8) is 0 Å². The van der Waals surface area contributed by atoms with Crippen LogP contribution in [-0.4, -0.2) is 51.8 Å². The molecule has 2 fully saturated rings. The van der Waals surface area contributed by atoms with Gasteiger partial charge in [-0.25, -0.2) is 0 Å². The standard InChI is InChI=1S/C20H28ClNO4/c1-23-6-2-7-25-20-11-19-15(9-16(20)21)17(22-14-3-4-14)10-18(26-19)13-5-8-24-12-13/h9-10,13-14,18,20,22H,2-8,11-12H2,1H3. The monoisotopic (exact) mass is 381 g/mol. The van der Waals surface area contributed by atoms with Crippen molar-refractivity contribution in [3.8, 4) is 0 Å². The Morgan fingerprint density at radius 3 is 2.88 bits per heavy atom. The zero-order chi connectivity index (χ0) is 17.9. The maximum atomic E-state index is 6.54. The third-order valence-electron chi connectivity index (χ3n) is 5.34. The highest BCUT2D eigenvalue weighted by atomic mass is 35.5. The quantitative estimate of drug-likeness (QED) is 0.654. The summed E-state index contributed by atoms with van der Waals surface area (Å²) in [6.07, 6.45) is 9.26. The van der Waals surface area contributed by atoms with Crippen LogP contribution in [0, 0.1) is 5.92 Å². The third kappa shape index (κ3) is 4.28. The van der Waals surface area contributed by atoms with Crippen molar-refractivity contribution in [3.05, 3.63) is 34.2 Å². The number of nitrogens with one attached hydrogen (secondary N) is 1. The molecule has 2 heterocycles. The van der Waals surface area contributed by atoms with Crippen LogP contribution in [0.3, 0.4) is 0 Å². The zero-order valence-electron chi connectivity index (χ0n) is 15.3. The lowest BCUT2D eigenvalue weighted by molar-refractivity contribution is 0.0327. The summed E-state index contributed by atoms with van der Waals surface area (Å²) in [5.74, 6) is 1.41. The smallest absolute Gasteiger partial charge is 0.124 e. The number of hydrogen-bond donors (Lipinski definition) is 1. The molecule has 2 aliphatic carbocycles. The van der Waals surface area contributed by atoms with Crippen molar-refractivity contribution in [2.75, 3.05) is 33.5 Å². The molecular weight excluding hydrogens is 354 g/mol. The predicted octanol–water partition coefficient (Wildman–Crippen LogP) is 3.26. The summed E-state index contributed by atoms with van der Waals surface area (Å²) in [6, 6.07) is 0.587. The fraction of sp³-hybridized carbons (Fsp3) is 0.700. The van der Waals surface area contributed by atoms with Crippen molar-refractivity contribution >= 4 is 11.6 Å². The van der Waals surface area contributed by atoms with Gasteiger partial charge in [-0.1, -0.05) is 11.6 Å². The molecule has 3 unspecified atom stereocenters. The van der Waals surface area contributed by atoms with Crippen LogP contribution >= 0.6 is 11.6 Å². The summed E-state index contributed by atoms with van der Waals surface area (Å²) in [7, 11) is 1.70. The number of halogens is 1. The topological polar surface area (TPSA) is 49.0 Å². The second-order valence-electron chi connectivity index (χ2n) is 7.48. The molecule has 1 N–H and O–H groups in total. The SMILES string of the molecule is COCCCOC1CC2=C(C=C1Cl)C(NC1CC1)=CC(C1CCOC1)O2. The Morgan fingerprint density at radius 1 is 1.27 bits per heavy atom. The molecule has 0 bridgehead atoms. The molecule has 0 amide bonds. The summed E-state index contributed by atoms with van der Waals surface area (Å²) in [5, 5.41) is 4.41. The molecular formula is C20H28ClNO4. The van der Waals surface area contributed by atoms with E-state index in [0.717, 1.165) is 42.4 Å². The van der Waals surface area contributed by atoms with Crippen molar-refractivity contribution in [1.29, 1.82) is 0 Å². The van der Waals surface area contributed by atoms with Gasteiger partial charge in [-0.2, -0.15) is 0 Å². The molecule has 6 heteroatoms. The molecule has 0 aromatic heterocycles. The maximum absolute atomic E-state index is 6.54. The average molecular weight is 382 g/mol. The normalized spacial score (nSPS) is 31.2. The summed E-state index contributed by atoms with van der Waals surface area (Å²) in [4.78, 5) is 0. The Labute approximate surface area is 160 Å². The van der Waals surface area contributed by atoms with Crippen LogP contribution < -0.4 is 5.32 Å². The molecule has 0 aromatic carbocycles. The molecule has 4 aliphatic rings. The predicted molar refractivity (Wildman–Crippen MR) is 99.9 cm³/mol. The fourth-order valence-electron chi connectivity index (χ4n) is 3.66. The van der Waals surface area contributed by atoms with Gasteiger partial charge in [0, 0.05) is 61.6 Å². The lowest BCUT2D eigenvalue weighted by Crippen LogP contribution is -2.33. The van der Waals surface area contributed by atoms with E-state index in [0.29, 0.717) is 31.6 Å². The van der Waals surface area contributed by atoms with E-state index in [1.165, 1.54) is 18.5 Å². The highest BCUT2D eigenvalue weighted by molar-refractivity contribution is 6.30. The maximum Gasteiger partial charge on any atom is 0.124 e. The minimum absolute atomic E-state index is 0.0666. The molecule has 0 aromatic rings. The molecule has 0 spiro atoms. The highest BCUT2D eigenvalue weighted by Crippen LogP contribution is 2.39. The van der Waals surface area contributed by atoms with Gasteiger partial charge in [0.05, 0.1) is 6.61 Å². The van der Waals surface area contributed by atoms with Gasteiger partial charge in [0.2, 0.25) is 0 Å². The Morgan fingerprint density at radius 2 is 2.15 bits per heavy atom. The van der Waals surface area contributed by atoms with Gasteiger partial charge < -0.3 is 24.3 Å². The van der Waals surface area contributed by atoms with Crippen LogP contribution in [0.25, 0.3) is 0 Å². The first-order valence-corrected chi connectivity index (χ1v) is 10.1. The molecule has 0 radical (unpaired) electrons. The van der Waals surface area contributed by atoms with E-state index >= 15 is 0 Å². The Balaban J connectivity index is 1.47. The Kier molecular flexibility index (Phi) is 5.89. The first kappa shape index (κ1) is 18.4. The summed E-state index contributed by atoms with van der Waals surface area (Å²) >= 11 is 6.54. The van der Waals surface area contributed by atoms with E-state index < -0.39 is 0 Å². The molecule has 26 heavy (non-hydrogen) atoms. The van der Waals surface area contributed by atoms with Crippen molar-refractivity contribution < 1.29 is 18.9 Å². The minimum atomic E-state index is -0.131. The zero-order valence-corrected chi connectivity index (χ0v) is 16.1. The van der Waals surface area contributed by atoms with Gasteiger partial charge in [-0.15, -0.1) is 0 Å². The van der Waals surface area contributed by atoms with Crippen LogP contribution in [-0.2, 0) is 18.9 Å². The second kappa shape index (κ2) is 8.34. The molecule has 4 rings (SSSR count). The minimum Gasteiger partial charge on any atom is -0.489 e. The number of allylic oxidation sites excluding steroid dienone is 1. The van der Waals surface area contributed by atoms with E-state index in [9.17, 15) is 0 Å². The van der Waals surface area contributed by atoms with Gasteiger partial charge in [-0.3, -0.25) is 0 Å². The van der Waals surface area contributed by atoms with Crippen LogP contribution in [0.2, 0.25) is 0 Å². The van der Waals surface area contributed by atoms with Gasteiger partial charge in [-0.05, 0) is 37.8 Å². The highest BCUT2D eigenvalue weighted by Gasteiger charge is 2.36. The number of methoxy groups -OCH3 is 1. The van der Waals surface area contributed by atoms with Crippen LogP contribution in [0.5, 0.6) is 0 Å². The van der Waals surface area contributed by atoms with Crippen LogP contribution in [0.1, 0.15) is 32.1 Å². The van der Waals surface area contributed by atoms with Crippen LogP contribution in [0.4, 0.5) is 0 Å². The van der Waals surface area contributed by atoms with Crippen molar-refractivity contribution in [2.24, 2.45) is 5.92 Å². The van der Waals surface area contributed by atoms with Gasteiger partial charge in [0.25, 0.3) is 0 Å². The number of rotatable bonds is 8. The molecule has 144 valence electrons. The first-order chi connectivity index (χ1) is 12.7. The van der Waals surface area contributed by atoms with E-state index in [1.807, 2.05) is 6.08 Å². The van der Waals surface area contributed by atoms with E-state index in [-0.39, 0.29) is 12.2 Å². The summed E-state index contributed by atoms with van der Waals surface area (Å²) in [6.45, 7) is 2.93. The lowest BCUT2D eigenvalue weighted by Gasteiger charge is -2.34. The number of ether oxygens (including phenoxy) is 4. The van der Waals surface area contributed by atoms with E-state index in [4.69, 9.17) is 30.5 Å². The van der Waals surface area contributed by atoms with E-state index in [2.05, 4.69) is 11.4 Å². The molecule has 3 atom stereocenters. The van der Waals surface area contributed by atoms with E-state index in [1.54, 1.807) is 7.11 Å². The first-order valence-electron chi connectivity index (χ1n) is 9.68. The van der Waals surface area contributed by atoms with Gasteiger partial charge in [0.1, 0.15) is 18.0 Å². The van der Waals surface area contributed by atoms with Crippen molar-refractivity contribution in [2.45, 2.75) is 50.4 Å². The largest absolute Gasteiger partial charge is 0.489 e.